The van der Waals surface area contributed by atoms with Gasteiger partial charge in [0.2, 0.25) is 10.0 Å². The van der Waals surface area contributed by atoms with E-state index in [4.69, 9.17) is 4.74 Å². The van der Waals surface area contributed by atoms with Crippen molar-refractivity contribution in [1.82, 2.24) is 14.5 Å². The quantitative estimate of drug-likeness (QED) is 0.630. The summed E-state index contributed by atoms with van der Waals surface area (Å²) in [5, 5.41) is 9.71. The van der Waals surface area contributed by atoms with Crippen LogP contribution in [-0.4, -0.2) is 49.0 Å². The number of hydrogen-bond donors (Lipinski definition) is 2. The summed E-state index contributed by atoms with van der Waals surface area (Å²) in [6.07, 6.45) is 1.71. The van der Waals surface area contributed by atoms with E-state index in [0.717, 1.165) is 18.4 Å². The van der Waals surface area contributed by atoms with E-state index >= 15 is 0 Å². The number of aromatic nitrogens is 2. The lowest BCUT2D eigenvalue weighted by molar-refractivity contribution is 0.102. The molecule has 1 aliphatic heterocycles. The smallest absolute Gasteiger partial charge is 0.256 e. The van der Waals surface area contributed by atoms with E-state index in [1.807, 2.05) is 24.3 Å². The zero-order chi connectivity index (χ0) is 21.1. The molecular weight excluding hydrogens is 404 g/mol. The van der Waals surface area contributed by atoms with Crippen molar-refractivity contribution in [3.8, 4) is 17.0 Å². The van der Waals surface area contributed by atoms with Crippen LogP contribution in [0.2, 0.25) is 0 Å². The molecule has 2 aromatic carbocycles. The van der Waals surface area contributed by atoms with Crippen LogP contribution in [0.15, 0.2) is 59.5 Å². The third-order valence-corrected chi connectivity index (χ3v) is 6.91. The molecule has 2 N–H and O–H groups in total. The molecule has 1 fully saturated rings. The Morgan fingerprint density at radius 1 is 1.10 bits per heavy atom. The Hall–Kier alpha value is -3.17. The number of nitrogens with zero attached hydrogens (tertiary/aromatic N) is 2. The molecule has 1 aliphatic rings. The van der Waals surface area contributed by atoms with Gasteiger partial charge < -0.3 is 10.1 Å². The molecule has 0 bridgehead atoms. The zero-order valence-electron chi connectivity index (χ0n) is 16.5. The highest BCUT2D eigenvalue weighted by atomic mass is 32.2. The lowest BCUT2D eigenvalue weighted by Gasteiger charge is -2.15. The van der Waals surface area contributed by atoms with Crippen molar-refractivity contribution >= 4 is 21.7 Å². The number of sulfonamides is 1. The van der Waals surface area contributed by atoms with Gasteiger partial charge in [-0.15, -0.1) is 0 Å². The highest BCUT2D eigenvalue weighted by Crippen LogP contribution is 2.29. The van der Waals surface area contributed by atoms with E-state index in [1.54, 1.807) is 25.3 Å². The van der Waals surface area contributed by atoms with Crippen molar-refractivity contribution in [2.24, 2.45) is 0 Å². The van der Waals surface area contributed by atoms with Gasteiger partial charge in [0, 0.05) is 30.3 Å². The number of para-hydroxylation sites is 1. The predicted octanol–water partition coefficient (Wildman–Crippen LogP) is 3.12. The highest BCUT2D eigenvalue weighted by molar-refractivity contribution is 7.89. The zero-order valence-corrected chi connectivity index (χ0v) is 17.3. The maximum atomic E-state index is 12.8. The first-order valence-corrected chi connectivity index (χ1v) is 11.0. The van der Waals surface area contributed by atoms with Gasteiger partial charge in [-0.3, -0.25) is 9.89 Å². The number of nitrogens with one attached hydrogen (secondary N) is 2. The molecular formula is C21H22N4O4S. The van der Waals surface area contributed by atoms with E-state index in [-0.39, 0.29) is 10.5 Å². The fraction of sp³-hybridized carbons (Fsp3) is 0.238. The fourth-order valence-corrected chi connectivity index (χ4v) is 5.02. The van der Waals surface area contributed by atoms with Crippen LogP contribution in [0.3, 0.4) is 0 Å². The standard InChI is InChI=1S/C21H22N4O4S/c1-29-19-10-3-2-9-17(19)18-14-20(24-23-18)22-21(26)15-7-6-8-16(13-15)30(27,28)25-11-4-5-12-25/h2-3,6-10,13-14H,4-5,11-12H2,1H3,(H2,22,23,24,26). The van der Waals surface area contributed by atoms with Gasteiger partial charge in [-0.05, 0) is 43.2 Å². The summed E-state index contributed by atoms with van der Waals surface area (Å²) in [5.41, 5.74) is 1.75. The Morgan fingerprint density at radius 2 is 1.87 bits per heavy atom. The van der Waals surface area contributed by atoms with Crippen LogP contribution in [0.1, 0.15) is 23.2 Å². The van der Waals surface area contributed by atoms with Gasteiger partial charge in [-0.2, -0.15) is 9.40 Å². The predicted molar refractivity (Wildman–Crippen MR) is 113 cm³/mol. The second-order valence-electron chi connectivity index (χ2n) is 6.96. The molecule has 1 aromatic heterocycles. The van der Waals surface area contributed by atoms with Gasteiger partial charge in [0.25, 0.3) is 5.91 Å². The monoisotopic (exact) mass is 426 g/mol. The van der Waals surface area contributed by atoms with Gasteiger partial charge in [-0.1, -0.05) is 18.2 Å². The summed E-state index contributed by atoms with van der Waals surface area (Å²) in [6.45, 7) is 1.02. The molecule has 0 unspecified atom stereocenters. The number of rotatable bonds is 6. The Bertz CT molecular complexity index is 1170. The number of carbonyl (C=O) groups is 1. The molecule has 8 nitrogen and oxygen atoms in total. The second-order valence-corrected chi connectivity index (χ2v) is 8.90. The minimum Gasteiger partial charge on any atom is -0.496 e. The van der Waals surface area contributed by atoms with Gasteiger partial charge in [0.15, 0.2) is 5.82 Å². The lowest BCUT2D eigenvalue weighted by Crippen LogP contribution is -2.28. The van der Waals surface area contributed by atoms with Gasteiger partial charge in [0.05, 0.1) is 17.7 Å². The van der Waals surface area contributed by atoms with E-state index in [1.165, 1.54) is 16.4 Å². The first-order valence-electron chi connectivity index (χ1n) is 9.59. The number of carbonyl (C=O) groups excluding carboxylic acids is 1. The maximum Gasteiger partial charge on any atom is 0.256 e. The lowest BCUT2D eigenvalue weighted by atomic mass is 10.1. The number of hydrogen-bond acceptors (Lipinski definition) is 5. The van der Waals surface area contributed by atoms with Crippen LogP contribution in [0.25, 0.3) is 11.3 Å². The molecule has 3 aromatic rings. The molecule has 156 valence electrons. The molecule has 0 radical (unpaired) electrons. The number of aromatic amines is 1. The molecule has 1 amide bonds. The summed E-state index contributed by atoms with van der Waals surface area (Å²) in [6, 6.07) is 15.2. The minimum atomic E-state index is -3.59. The molecule has 0 aliphatic carbocycles. The normalized spacial score (nSPS) is 14.6. The third-order valence-electron chi connectivity index (χ3n) is 5.02. The van der Waals surface area contributed by atoms with Crippen molar-refractivity contribution < 1.29 is 17.9 Å². The first-order chi connectivity index (χ1) is 14.5. The molecule has 0 atom stereocenters. The Kier molecular flexibility index (Phi) is 5.56. The van der Waals surface area contributed by atoms with Gasteiger partial charge >= 0.3 is 0 Å². The number of ether oxygens (including phenoxy) is 1. The molecule has 2 heterocycles. The number of amides is 1. The van der Waals surface area contributed by atoms with Crippen LogP contribution in [-0.2, 0) is 10.0 Å². The summed E-state index contributed by atoms with van der Waals surface area (Å²) >= 11 is 0. The fourth-order valence-electron chi connectivity index (χ4n) is 3.45. The number of anilines is 1. The molecule has 1 saturated heterocycles. The summed E-state index contributed by atoms with van der Waals surface area (Å²) < 4.78 is 32.3. The van der Waals surface area contributed by atoms with Crippen LogP contribution in [0.5, 0.6) is 5.75 Å². The van der Waals surface area contributed by atoms with Crippen molar-refractivity contribution in [2.45, 2.75) is 17.7 Å². The summed E-state index contributed by atoms with van der Waals surface area (Å²) in [4.78, 5) is 12.8. The van der Waals surface area contributed by atoms with Crippen molar-refractivity contribution in [1.29, 1.82) is 0 Å². The van der Waals surface area contributed by atoms with Crippen molar-refractivity contribution in [3.63, 3.8) is 0 Å². The Balaban J connectivity index is 1.53. The SMILES string of the molecule is COc1ccccc1-c1cc(NC(=O)c2cccc(S(=O)(=O)N3CCCC3)c2)n[nH]1. The van der Waals surface area contributed by atoms with E-state index in [0.29, 0.717) is 30.4 Å². The van der Waals surface area contributed by atoms with Crippen molar-refractivity contribution in [3.05, 3.63) is 60.2 Å². The molecule has 9 heteroatoms. The Morgan fingerprint density at radius 3 is 2.63 bits per heavy atom. The number of methoxy groups -OCH3 is 1. The molecule has 30 heavy (non-hydrogen) atoms. The average Bonchev–Trinajstić information content (AvgIpc) is 3.46. The summed E-state index contributed by atoms with van der Waals surface area (Å²) in [5.74, 6) is 0.569. The molecule has 4 rings (SSSR count). The van der Waals surface area contributed by atoms with Crippen LogP contribution >= 0.6 is 0 Å². The molecule has 0 saturated carbocycles. The number of H-pyrrole nitrogens is 1. The average molecular weight is 426 g/mol. The number of benzene rings is 2. The van der Waals surface area contributed by atoms with Crippen molar-refractivity contribution in [2.75, 3.05) is 25.5 Å². The van der Waals surface area contributed by atoms with Crippen LogP contribution in [0, 0.1) is 0 Å². The first kappa shape index (κ1) is 20.1. The second kappa shape index (κ2) is 8.29. The summed E-state index contributed by atoms with van der Waals surface area (Å²) in [7, 11) is -2.01. The van der Waals surface area contributed by atoms with Crippen LogP contribution < -0.4 is 10.1 Å². The van der Waals surface area contributed by atoms with Gasteiger partial charge in [0.1, 0.15) is 5.75 Å². The largest absolute Gasteiger partial charge is 0.496 e. The van der Waals surface area contributed by atoms with Crippen LogP contribution in [0.4, 0.5) is 5.82 Å². The van der Waals surface area contributed by atoms with E-state index in [2.05, 4.69) is 15.5 Å². The maximum absolute atomic E-state index is 12.8. The third kappa shape index (κ3) is 3.94. The minimum absolute atomic E-state index is 0.119. The van der Waals surface area contributed by atoms with E-state index in [9.17, 15) is 13.2 Å². The van der Waals surface area contributed by atoms with E-state index < -0.39 is 15.9 Å². The Labute approximate surface area is 174 Å². The molecule has 0 spiro atoms. The topological polar surface area (TPSA) is 104 Å². The van der Waals surface area contributed by atoms with Gasteiger partial charge in [-0.25, -0.2) is 8.42 Å². The highest BCUT2D eigenvalue weighted by Gasteiger charge is 2.27.